The maximum Gasteiger partial charge on any atom is 0.472 e. The van der Waals surface area contributed by atoms with Gasteiger partial charge in [0.15, 0.2) is 0 Å². The van der Waals surface area contributed by atoms with Crippen LogP contribution in [0.4, 0.5) is 4.79 Å². The van der Waals surface area contributed by atoms with Crippen molar-refractivity contribution in [3.63, 3.8) is 0 Å². The van der Waals surface area contributed by atoms with Gasteiger partial charge in [0.2, 0.25) is 0 Å². The fourth-order valence-electron chi connectivity index (χ4n) is 5.36. The van der Waals surface area contributed by atoms with Crippen LogP contribution in [-0.2, 0) is 23.1 Å². The van der Waals surface area contributed by atoms with E-state index in [4.69, 9.17) is 18.5 Å². The number of alkyl halides is 1. The lowest BCUT2D eigenvalue weighted by Crippen LogP contribution is -2.34. The summed E-state index contributed by atoms with van der Waals surface area (Å²) in [5, 5.41) is 3.27. The van der Waals surface area contributed by atoms with E-state index in [2.05, 4.69) is 28.2 Å². The second-order valence-corrected chi connectivity index (χ2v) is 13.1. The summed E-state index contributed by atoms with van der Waals surface area (Å²) in [7, 11) is -4.12. The van der Waals surface area contributed by atoms with Crippen molar-refractivity contribution in [1.82, 2.24) is 5.32 Å². The number of halogens is 1. The third-order valence-electron chi connectivity index (χ3n) is 7.67. The summed E-state index contributed by atoms with van der Waals surface area (Å²) in [5.74, 6) is -0.307. The van der Waals surface area contributed by atoms with E-state index >= 15 is 0 Å². The maximum absolute atomic E-state index is 12.2. The first-order chi connectivity index (χ1) is 19.0. The molecule has 1 saturated heterocycles. The van der Waals surface area contributed by atoms with Gasteiger partial charge in [0.05, 0.1) is 32.0 Å². The van der Waals surface area contributed by atoms with E-state index in [-0.39, 0.29) is 43.9 Å². The predicted molar refractivity (Wildman–Crippen MR) is 159 cm³/mol. The van der Waals surface area contributed by atoms with Crippen LogP contribution in [0.3, 0.4) is 0 Å². The molecule has 1 amide bonds. The quantitative estimate of drug-likeness (QED) is 0.0451. The van der Waals surface area contributed by atoms with Gasteiger partial charge in [-0.2, -0.15) is 0 Å². The molecule has 0 aromatic heterocycles. The molecule has 0 spiro atoms. The lowest BCUT2D eigenvalue weighted by atomic mass is 9.84. The molecule has 2 aliphatic rings. The van der Waals surface area contributed by atoms with Crippen LogP contribution < -0.4 is 5.32 Å². The molecule has 2 heterocycles. The van der Waals surface area contributed by atoms with Gasteiger partial charge in [0.1, 0.15) is 0 Å². The van der Waals surface area contributed by atoms with Crippen molar-refractivity contribution in [2.45, 2.75) is 122 Å². The number of phosphoric ester groups is 1. The maximum atomic E-state index is 12.2. The normalized spacial score (nSPS) is 23.3. The number of carbonyl (C=O) groups is 1. The molecule has 39 heavy (non-hydrogen) atoms. The fourth-order valence-corrected chi connectivity index (χ4v) is 6.53. The van der Waals surface area contributed by atoms with Crippen LogP contribution in [0, 0.1) is 11.8 Å². The van der Waals surface area contributed by atoms with Gasteiger partial charge in [-0.1, -0.05) is 131 Å². The molecule has 5 atom stereocenters. The Labute approximate surface area is 245 Å². The summed E-state index contributed by atoms with van der Waals surface area (Å²) in [6, 6.07) is 0. The Balaban J connectivity index is 1.42. The van der Waals surface area contributed by atoms with Gasteiger partial charge in [-0.15, -0.1) is 0 Å². The summed E-state index contributed by atoms with van der Waals surface area (Å²) in [6.07, 6.45) is 24.2. The minimum absolute atomic E-state index is 0.00356. The van der Waals surface area contributed by atoms with Crippen LogP contribution >= 0.6 is 23.8 Å². The van der Waals surface area contributed by atoms with Gasteiger partial charge in [-0.25, -0.2) is 9.36 Å². The van der Waals surface area contributed by atoms with E-state index in [1.165, 1.54) is 89.9 Å². The molecular formula is C29H53BrNO7P. The lowest BCUT2D eigenvalue weighted by Gasteiger charge is -2.25. The number of hydrogen-bond donors (Lipinski definition) is 2. The molecule has 1 fully saturated rings. The Kier molecular flexibility index (Phi) is 19.0. The summed E-state index contributed by atoms with van der Waals surface area (Å²) in [5.41, 5.74) is 0. The zero-order chi connectivity index (χ0) is 28.2. The van der Waals surface area contributed by atoms with Crippen molar-refractivity contribution in [1.29, 1.82) is 0 Å². The lowest BCUT2D eigenvalue weighted by molar-refractivity contribution is 0.0828. The molecule has 2 rings (SSSR count). The number of amides is 1. The minimum atomic E-state index is -4.12. The van der Waals surface area contributed by atoms with Crippen LogP contribution in [0.1, 0.15) is 110 Å². The molecule has 2 N–H and O–H groups in total. The average molecular weight is 639 g/mol. The number of unbranched alkanes of at least 4 members (excludes halogenated alkanes) is 15. The van der Waals surface area contributed by atoms with E-state index in [9.17, 15) is 14.3 Å². The first-order valence-corrected chi connectivity index (χ1v) is 18.0. The second kappa shape index (κ2) is 21.3. The molecule has 10 heteroatoms. The highest BCUT2D eigenvalue weighted by Gasteiger charge is 2.47. The first-order valence-electron chi connectivity index (χ1n) is 15.4. The summed E-state index contributed by atoms with van der Waals surface area (Å²) < 4.78 is 33.3. The van der Waals surface area contributed by atoms with Gasteiger partial charge in [-0.3, -0.25) is 9.05 Å². The number of rotatable bonds is 25. The number of nitrogens with one attached hydrogen (secondary N) is 1. The second-order valence-electron chi connectivity index (χ2n) is 10.9. The average Bonchev–Trinajstić information content (AvgIpc) is 3.53. The van der Waals surface area contributed by atoms with Crippen LogP contribution in [-0.4, -0.2) is 54.9 Å². The largest absolute Gasteiger partial charge is 0.472 e. The van der Waals surface area contributed by atoms with E-state index in [1.54, 1.807) is 0 Å². The number of hydrogen-bond acceptors (Lipinski definition) is 6. The Morgan fingerprint density at radius 1 is 0.821 bits per heavy atom. The molecule has 0 saturated carbocycles. The summed E-state index contributed by atoms with van der Waals surface area (Å²) in [4.78, 5) is 22.0. The number of ether oxygens (including phenoxy) is 2. The Bertz CT molecular complexity index is 726. The smallest absolute Gasteiger partial charge is 0.449 e. The number of fused-ring (bicyclic) bond motifs is 2. The van der Waals surface area contributed by atoms with E-state index < -0.39 is 13.9 Å². The zero-order valence-electron chi connectivity index (χ0n) is 24.0. The van der Waals surface area contributed by atoms with Gasteiger partial charge in [0.25, 0.3) is 0 Å². The van der Waals surface area contributed by atoms with Crippen molar-refractivity contribution in [2.75, 3.05) is 31.7 Å². The number of alkyl carbamates (subject to hydrolysis) is 1. The van der Waals surface area contributed by atoms with E-state index in [1.807, 2.05) is 12.2 Å². The third kappa shape index (κ3) is 15.4. The molecule has 0 aromatic rings. The fraction of sp³-hybridized carbons (Fsp3) is 0.897. The van der Waals surface area contributed by atoms with Gasteiger partial charge in [-0.05, 0) is 6.42 Å². The summed E-state index contributed by atoms with van der Waals surface area (Å²) in [6.45, 7) is 3.12. The number of phosphoric acid groups is 1. The highest BCUT2D eigenvalue weighted by atomic mass is 79.9. The van der Waals surface area contributed by atoms with E-state index in [0.717, 1.165) is 12.8 Å². The Morgan fingerprint density at radius 2 is 1.31 bits per heavy atom. The molecule has 2 bridgehead atoms. The molecule has 1 unspecified atom stereocenters. The molecule has 8 nitrogen and oxygen atoms in total. The third-order valence-corrected chi connectivity index (χ3v) is 8.97. The van der Waals surface area contributed by atoms with Crippen LogP contribution in [0.2, 0.25) is 0 Å². The van der Waals surface area contributed by atoms with Gasteiger partial charge in [0, 0.05) is 23.7 Å². The van der Waals surface area contributed by atoms with Crippen molar-refractivity contribution >= 4 is 29.8 Å². The minimum Gasteiger partial charge on any atom is -0.449 e. The molecule has 0 aliphatic carbocycles. The monoisotopic (exact) mass is 637 g/mol. The van der Waals surface area contributed by atoms with Gasteiger partial charge >= 0.3 is 13.9 Å². The van der Waals surface area contributed by atoms with Crippen molar-refractivity contribution in [3.8, 4) is 0 Å². The van der Waals surface area contributed by atoms with E-state index in [0.29, 0.717) is 11.9 Å². The predicted octanol–water partition coefficient (Wildman–Crippen LogP) is 8.07. The van der Waals surface area contributed by atoms with Crippen LogP contribution in [0.5, 0.6) is 0 Å². The van der Waals surface area contributed by atoms with Crippen molar-refractivity contribution < 1.29 is 32.8 Å². The number of carbonyl (C=O) groups excluding carboxylic acids is 1. The molecule has 0 radical (unpaired) electrons. The van der Waals surface area contributed by atoms with Crippen molar-refractivity contribution in [3.05, 3.63) is 12.2 Å². The molecular weight excluding hydrogens is 585 g/mol. The Morgan fingerprint density at radius 3 is 1.82 bits per heavy atom. The summed E-state index contributed by atoms with van der Waals surface area (Å²) >= 11 is 3.15. The standard InChI is InChI=1S/C29H53BrNO7P/c1-2-3-4-5-6-7-8-9-10-11-12-13-14-15-16-17-21-31-29(32)35-23-25-26(28-19-18-27(25)38-28)24-37-39(33,34)36-22-20-30/h18-19,25-28H,2-17,20-24H2,1H3,(H,31,32)(H,33,34)/t25-,26-,27-,28+/m1/s1. The highest BCUT2D eigenvalue weighted by molar-refractivity contribution is 9.09. The highest BCUT2D eigenvalue weighted by Crippen LogP contribution is 2.47. The van der Waals surface area contributed by atoms with Crippen LogP contribution in [0.25, 0.3) is 0 Å². The molecule has 228 valence electrons. The van der Waals surface area contributed by atoms with Crippen LogP contribution in [0.15, 0.2) is 12.2 Å². The topological polar surface area (TPSA) is 103 Å². The molecule has 2 aliphatic heterocycles. The van der Waals surface area contributed by atoms with Crippen molar-refractivity contribution in [2.24, 2.45) is 11.8 Å². The molecule has 0 aromatic carbocycles. The zero-order valence-corrected chi connectivity index (χ0v) is 26.5. The first kappa shape index (κ1) is 34.8. The Hall–Kier alpha value is -0.440. The SMILES string of the molecule is CCCCCCCCCCCCCCCCCCNC(=O)OC[C@@H]1[C@@H](COP(=O)(O)OCCBr)[C@@H]2C=C[C@H]1O2. The van der Waals surface area contributed by atoms with Gasteiger partial charge < -0.3 is 19.7 Å².